The van der Waals surface area contributed by atoms with Crippen molar-refractivity contribution in [3.63, 3.8) is 0 Å². The maximum absolute atomic E-state index is 12.6. The molecule has 21 heavy (non-hydrogen) atoms. The van der Waals surface area contributed by atoms with Crippen LogP contribution in [0.1, 0.15) is 42.2 Å². The van der Waals surface area contributed by atoms with Crippen LogP contribution in [0.5, 0.6) is 0 Å². The topological polar surface area (TPSA) is 38.1 Å². The summed E-state index contributed by atoms with van der Waals surface area (Å²) in [6.45, 7) is 5.03. The summed E-state index contributed by atoms with van der Waals surface area (Å²) >= 11 is 0. The summed E-state index contributed by atoms with van der Waals surface area (Å²) in [5.74, 6) is 0.144. The summed E-state index contributed by atoms with van der Waals surface area (Å²) in [4.78, 5) is 14.6. The molecular weight excluding hydrogens is 262 g/mol. The van der Waals surface area contributed by atoms with Gasteiger partial charge in [0.15, 0.2) is 0 Å². The Morgan fingerprint density at radius 3 is 2.57 bits per heavy atom. The normalized spacial score (nSPS) is 18.8. The third-order valence-electron chi connectivity index (χ3n) is 4.25. The molecule has 4 nitrogen and oxygen atoms in total. The highest BCUT2D eigenvalue weighted by molar-refractivity contribution is 5.94. The van der Waals surface area contributed by atoms with E-state index in [2.05, 4.69) is 12.0 Å². The van der Waals surface area contributed by atoms with E-state index in [0.29, 0.717) is 6.04 Å². The van der Waals surface area contributed by atoms with Crippen molar-refractivity contribution in [2.24, 2.45) is 0 Å². The van der Waals surface area contributed by atoms with Gasteiger partial charge in [0.25, 0.3) is 5.91 Å². The zero-order valence-electron chi connectivity index (χ0n) is 12.6. The van der Waals surface area contributed by atoms with Crippen LogP contribution in [0.25, 0.3) is 5.69 Å². The number of hydrogen-bond acceptors (Lipinski definition) is 2. The maximum Gasteiger partial charge on any atom is 0.254 e. The van der Waals surface area contributed by atoms with Gasteiger partial charge in [-0.1, -0.05) is 0 Å². The molecule has 0 aliphatic carbocycles. The van der Waals surface area contributed by atoms with Gasteiger partial charge in [0.2, 0.25) is 0 Å². The number of hydrogen-bond donors (Lipinski definition) is 0. The standard InChI is InChI=1S/C17H21N3O/c1-13-5-3-4-12-19(13)17(21)15-6-8-16(9-7-15)20-14(2)10-11-18-20/h6-11,13H,3-5,12H2,1-2H3. The molecule has 1 unspecified atom stereocenters. The number of benzene rings is 1. The Labute approximate surface area is 125 Å². The molecule has 1 fully saturated rings. The number of piperidine rings is 1. The number of carbonyl (C=O) groups excluding carboxylic acids is 1. The van der Waals surface area contributed by atoms with E-state index in [0.717, 1.165) is 36.3 Å². The Bertz CT molecular complexity index is 630. The number of aryl methyl sites for hydroxylation is 1. The molecule has 0 spiro atoms. The van der Waals surface area contributed by atoms with Crippen LogP contribution >= 0.6 is 0 Å². The third-order valence-corrected chi connectivity index (χ3v) is 4.25. The highest BCUT2D eigenvalue weighted by atomic mass is 16.2. The van der Waals surface area contributed by atoms with Crippen LogP contribution in [0.15, 0.2) is 36.5 Å². The summed E-state index contributed by atoms with van der Waals surface area (Å²) in [5, 5.41) is 4.28. The Hall–Kier alpha value is -2.10. The molecule has 1 aliphatic rings. The average Bonchev–Trinajstić information content (AvgIpc) is 2.93. The highest BCUT2D eigenvalue weighted by Crippen LogP contribution is 2.20. The minimum atomic E-state index is 0.144. The summed E-state index contributed by atoms with van der Waals surface area (Å²) in [5.41, 5.74) is 2.83. The second kappa shape index (κ2) is 5.72. The Balaban J connectivity index is 1.81. The van der Waals surface area contributed by atoms with Crippen molar-refractivity contribution in [2.45, 2.75) is 39.2 Å². The van der Waals surface area contributed by atoms with Gasteiger partial charge in [0.05, 0.1) is 5.69 Å². The average molecular weight is 283 g/mol. The smallest absolute Gasteiger partial charge is 0.254 e. The molecule has 0 saturated carbocycles. The first-order chi connectivity index (χ1) is 10.2. The van der Waals surface area contributed by atoms with Crippen LogP contribution in [0.3, 0.4) is 0 Å². The largest absolute Gasteiger partial charge is 0.336 e. The molecular formula is C17H21N3O. The van der Waals surface area contributed by atoms with Crippen LogP contribution in [0, 0.1) is 6.92 Å². The Morgan fingerprint density at radius 1 is 1.19 bits per heavy atom. The Kier molecular flexibility index (Phi) is 3.78. The molecule has 0 bridgehead atoms. The zero-order chi connectivity index (χ0) is 14.8. The van der Waals surface area contributed by atoms with Crippen molar-refractivity contribution in [1.29, 1.82) is 0 Å². The van der Waals surface area contributed by atoms with Crippen molar-refractivity contribution in [3.05, 3.63) is 47.8 Å². The van der Waals surface area contributed by atoms with E-state index >= 15 is 0 Å². The fourth-order valence-electron chi connectivity index (χ4n) is 2.95. The van der Waals surface area contributed by atoms with E-state index in [9.17, 15) is 4.79 Å². The zero-order valence-corrected chi connectivity index (χ0v) is 12.6. The second-order valence-corrected chi connectivity index (χ2v) is 5.77. The first-order valence-electron chi connectivity index (χ1n) is 7.59. The first kappa shape index (κ1) is 13.9. The van der Waals surface area contributed by atoms with Gasteiger partial charge in [-0.3, -0.25) is 4.79 Å². The van der Waals surface area contributed by atoms with E-state index in [1.807, 2.05) is 46.8 Å². The molecule has 110 valence electrons. The van der Waals surface area contributed by atoms with Crippen LogP contribution in [-0.4, -0.2) is 33.2 Å². The molecule has 1 aliphatic heterocycles. The lowest BCUT2D eigenvalue weighted by molar-refractivity contribution is 0.0635. The SMILES string of the molecule is Cc1ccnn1-c1ccc(C(=O)N2CCCCC2C)cc1. The molecule has 1 aromatic heterocycles. The predicted molar refractivity (Wildman–Crippen MR) is 82.7 cm³/mol. The lowest BCUT2D eigenvalue weighted by atomic mass is 10.0. The quantitative estimate of drug-likeness (QED) is 0.849. The summed E-state index contributed by atoms with van der Waals surface area (Å²) < 4.78 is 1.87. The number of nitrogens with zero attached hydrogens (tertiary/aromatic N) is 3. The van der Waals surface area contributed by atoms with E-state index in [1.165, 1.54) is 6.42 Å². The monoisotopic (exact) mass is 283 g/mol. The fourth-order valence-corrected chi connectivity index (χ4v) is 2.95. The van der Waals surface area contributed by atoms with Gasteiger partial charge in [-0.05, 0) is 63.4 Å². The van der Waals surface area contributed by atoms with Crippen LogP contribution in [0.2, 0.25) is 0 Å². The van der Waals surface area contributed by atoms with Crippen LogP contribution in [-0.2, 0) is 0 Å². The van der Waals surface area contributed by atoms with Gasteiger partial charge in [0, 0.05) is 30.0 Å². The van der Waals surface area contributed by atoms with Gasteiger partial charge in [-0.15, -0.1) is 0 Å². The number of rotatable bonds is 2. The third kappa shape index (κ3) is 2.71. The minimum Gasteiger partial charge on any atom is -0.336 e. The first-order valence-corrected chi connectivity index (χ1v) is 7.59. The van der Waals surface area contributed by atoms with E-state index in [-0.39, 0.29) is 5.91 Å². The molecule has 2 heterocycles. The molecule has 4 heteroatoms. The predicted octanol–water partition coefficient (Wildman–Crippen LogP) is 3.20. The molecule has 0 N–H and O–H groups in total. The lowest BCUT2D eigenvalue weighted by Gasteiger charge is -2.33. The van der Waals surface area contributed by atoms with Gasteiger partial charge in [-0.25, -0.2) is 4.68 Å². The fraction of sp³-hybridized carbons (Fsp3) is 0.412. The summed E-state index contributed by atoms with van der Waals surface area (Å²) in [7, 11) is 0. The molecule has 1 amide bonds. The van der Waals surface area contributed by atoms with Gasteiger partial charge in [-0.2, -0.15) is 5.10 Å². The summed E-state index contributed by atoms with van der Waals surface area (Å²) in [6, 6.07) is 10.0. The van der Waals surface area contributed by atoms with E-state index in [4.69, 9.17) is 0 Å². The minimum absolute atomic E-state index is 0.144. The summed E-state index contributed by atoms with van der Waals surface area (Å²) in [6.07, 6.45) is 5.23. The van der Waals surface area contributed by atoms with Crippen LogP contribution < -0.4 is 0 Å². The van der Waals surface area contributed by atoms with Crippen molar-refractivity contribution < 1.29 is 4.79 Å². The van der Waals surface area contributed by atoms with E-state index in [1.54, 1.807) is 6.20 Å². The van der Waals surface area contributed by atoms with E-state index < -0.39 is 0 Å². The van der Waals surface area contributed by atoms with Gasteiger partial charge >= 0.3 is 0 Å². The molecule has 1 aromatic carbocycles. The van der Waals surface area contributed by atoms with Crippen molar-refractivity contribution in [1.82, 2.24) is 14.7 Å². The molecule has 2 aromatic rings. The van der Waals surface area contributed by atoms with Gasteiger partial charge < -0.3 is 4.90 Å². The molecule has 0 radical (unpaired) electrons. The second-order valence-electron chi connectivity index (χ2n) is 5.77. The number of amides is 1. The number of carbonyl (C=O) groups is 1. The van der Waals surface area contributed by atoms with Crippen molar-refractivity contribution in [2.75, 3.05) is 6.54 Å². The van der Waals surface area contributed by atoms with Crippen LogP contribution in [0.4, 0.5) is 0 Å². The Morgan fingerprint density at radius 2 is 1.95 bits per heavy atom. The molecule has 3 rings (SSSR count). The number of aromatic nitrogens is 2. The molecule has 1 atom stereocenters. The molecule has 1 saturated heterocycles. The van der Waals surface area contributed by atoms with Crippen molar-refractivity contribution >= 4 is 5.91 Å². The number of likely N-dealkylation sites (tertiary alicyclic amines) is 1. The van der Waals surface area contributed by atoms with Crippen molar-refractivity contribution in [3.8, 4) is 5.69 Å². The lowest BCUT2D eigenvalue weighted by Crippen LogP contribution is -2.42. The van der Waals surface area contributed by atoms with Gasteiger partial charge in [0.1, 0.15) is 0 Å². The highest BCUT2D eigenvalue weighted by Gasteiger charge is 2.24. The maximum atomic E-state index is 12.6.